The van der Waals surface area contributed by atoms with E-state index in [2.05, 4.69) is 132 Å². The zero-order chi connectivity index (χ0) is 94.1. The second-order valence-electron chi connectivity index (χ2n) is 26.7. The molecule has 140 heavy (non-hydrogen) atoms. The number of carboxylic acid groups (broad SMARTS) is 4. The van der Waals surface area contributed by atoms with Crippen molar-refractivity contribution in [1.29, 1.82) is 0 Å². The first kappa shape index (κ1) is 127. The quantitative estimate of drug-likeness (QED) is 0.00420. The van der Waals surface area contributed by atoms with Gasteiger partial charge in [-0.15, -0.1) is 0 Å². The molecule has 0 aliphatic rings. The summed E-state index contributed by atoms with van der Waals surface area (Å²) in [7, 11) is -10.3. The Hall–Kier alpha value is -7.12. The third-order valence-corrected chi connectivity index (χ3v) is 20.5. The molecular formula is C80H72N24Na8O24S4. The first-order chi connectivity index (χ1) is 63.6. The number of rotatable bonds is 48. The number of anilines is 20. The van der Waals surface area contributed by atoms with Crippen molar-refractivity contribution in [2.24, 2.45) is 0 Å². The van der Waals surface area contributed by atoms with Crippen molar-refractivity contribution in [3.8, 4) is 0 Å². The largest absolute Gasteiger partial charge is 1.00 e. The minimum atomic E-state index is -5.21. The molecule has 0 spiro atoms. The van der Waals surface area contributed by atoms with Gasteiger partial charge in [0.25, 0.3) is 0 Å². The summed E-state index contributed by atoms with van der Waals surface area (Å²) in [6.45, 7) is -0.543. The molecule has 2 atom stereocenters. The Morgan fingerprint density at radius 2 is 0.557 bits per heavy atom. The Morgan fingerprint density at radius 3 is 0.793 bits per heavy atom. The number of benzene rings is 8. The first-order valence-electron chi connectivity index (χ1n) is 38.4. The summed E-state index contributed by atoms with van der Waals surface area (Å²) in [5.41, 5.74) is 3.64. The number of carboxylic acids is 4. The number of hydrogen-bond acceptors (Lipinski definition) is 50. The van der Waals surface area contributed by atoms with Crippen LogP contribution in [0.2, 0.25) is 0 Å². The number of nitrogens with one attached hydrogen (secondary N) is 10. The Balaban J connectivity index is 0.000000682. The van der Waals surface area contributed by atoms with Crippen molar-refractivity contribution in [2.45, 2.75) is 44.5 Å². The molecule has 12 aromatic rings. The molecule has 60 heteroatoms. The van der Waals surface area contributed by atoms with Gasteiger partial charge < -0.3 is 143 Å². The fourth-order valence-corrected chi connectivity index (χ4v) is 14.0. The summed E-state index contributed by atoms with van der Waals surface area (Å²) < 4.78 is 85.0. The van der Waals surface area contributed by atoms with Crippen molar-refractivity contribution in [3.63, 3.8) is 0 Å². The maximum Gasteiger partial charge on any atom is 1.00 e. The minimum absolute atomic E-state index is 0. The Labute approximate surface area is 984 Å². The molecule has 4 heterocycles. The molecule has 0 bridgehead atoms. The van der Waals surface area contributed by atoms with Gasteiger partial charge in [0.05, 0.1) is 84.3 Å². The number of aromatic nitrogens is 12. The SMILES string of the molecule is O=C([O-])CC(Nc1nc(Nc2ccccc2)nc(Nc2ccc(/C=C/c3ccc(Nc4nc(Nc5ccccc5)nc(NC(CC(=O)[O-])C(=O)[O-])n4)cc3S(=O)(=O)[O-])c(SOO[O-])c2)n1)C(=O)[O-].O=S(=O)([O-])c1cc(Nc2nc(Nc3ccccc3)nc(N(CCO)CCO)n2)ccc1/C=C/c1ccc(Nc2nc(Nc3ccccc3)nc(N(CCO)CCO)n2)cc1SOO[O-].[Na+].[Na+].[Na+].[Na+].[Na+].[Na+].[Na+].[Na+]. The number of carbonyl (C=O) groups excluding carboxylic acids is 4. The predicted molar refractivity (Wildman–Crippen MR) is 464 cm³/mol. The van der Waals surface area contributed by atoms with Gasteiger partial charge in [0, 0.05) is 106 Å². The maximum absolute atomic E-state index is 12.7. The molecule has 0 aliphatic heterocycles. The minimum Gasteiger partial charge on any atom is -0.744 e. The summed E-state index contributed by atoms with van der Waals surface area (Å²) in [5, 5.41) is 141. The summed E-state index contributed by atoms with van der Waals surface area (Å²) in [6.07, 6.45) is 3.52. The Kier molecular flexibility index (Phi) is 58.7. The molecule has 0 amide bonds. The molecule has 12 rings (SSSR count). The van der Waals surface area contributed by atoms with Crippen LogP contribution in [0.3, 0.4) is 0 Å². The van der Waals surface area contributed by atoms with Gasteiger partial charge in [-0.05, 0) is 119 Å². The van der Waals surface area contributed by atoms with Crippen LogP contribution in [-0.2, 0) is 58.2 Å². The standard InChI is InChI=1S/C40H36N12O14S2.C40H44N12O10S2.8Na/c53-31(54)19-27(33(57)58)45-39-49-35(41-23-7-3-1-4-8-23)47-37(51-39)43-25-15-13-21(29(17-25)67-66-65-61)11-12-22-14-16-26(18-30(22)68(62,63)64)44-38-48-36(42-24-9-5-2-6-10-24)50-40(52-38)46-28(34(59)60)20-32(55)56;53-21-17-51(18-22-54)39-47-35(41-29-7-3-1-4-8-29)45-37(49-39)43-31-15-13-27(33(25-31)63-62-61-57)11-12-28-14-16-32(26-34(28)64(58,59)60)44-38-46-36(42-30-9-5-2-6-10-30)48-40(50-38)52(19-23-55)20-24-56;;;;;;;;/h1-18,27-28,61H,19-20H2,(H,53,54)(H,55,56)(H,57,58)(H,59,60)(H,62,63,64)(H3,41,43,45,47,49,51)(H3,42,44,46,48,50,52);1-16,25-26,53-57H,17-24H2,(H,58,59,60)(H2,41,43,45,47,49)(H2,42,44,46,48,50);;;;;;;;/q;;8*+1/p-8/b2*12-11+;;;;;;;;. The molecular weight excluding hydrogens is 1990 g/mol. The summed E-state index contributed by atoms with van der Waals surface area (Å²) in [4.78, 5) is 99.6. The molecule has 688 valence electrons. The van der Waals surface area contributed by atoms with Gasteiger partial charge in [-0.1, -0.05) is 121 Å². The number of hydrogen-bond donors (Lipinski definition) is 14. The first-order valence-corrected chi connectivity index (χ1v) is 42.7. The molecule has 0 radical (unpaired) electrons. The molecule has 48 nitrogen and oxygen atoms in total. The van der Waals surface area contributed by atoms with Gasteiger partial charge in [-0.25, -0.2) is 16.8 Å². The molecule has 0 saturated carbocycles. The number of aliphatic hydroxyl groups is 4. The second kappa shape index (κ2) is 64.7. The van der Waals surface area contributed by atoms with Gasteiger partial charge in [-0.2, -0.15) is 68.5 Å². The predicted octanol–water partition coefficient (Wildman–Crippen LogP) is -22.4. The van der Waals surface area contributed by atoms with Crippen LogP contribution < -0.4 is 330 Å². The molecule has 0 fully saturated rings. The van der Waals surface area contributed by atoms with Gasteiger partial charge in [0.2, 0.25) is 71.4 Å². The van der Waals surface area contributed by atoms with Crippen LogP contribution >= 0.6 is 24.1 Å². The normalized spacial score (nSPS) is 11.1. The number of aliphatic hydroxyl groups excluding tert-OH is 4. The maximum atomic E-state index is 12.7. The van der Waals surface area contributed by atoms with E-state index >= 15 is 0 Å². The van der Waals surface area contributed by atoms with Crippen molar-refractivity contribution in [3.05, 3.63) is 216 Å². The topological polar surface area (TPSA) is 720 Å². The number of para-hydroxylation sites is 4. The van der Waals surface area contributed by atoms with E-state index in [1.165, 1.54) is 71.7 Å². The van der Waals surface area contributed by atoms with E-state index in [0.717, 1.165) is 12.1 Å². The van der Waals surface area contributed by atoms with E-state index in [1.807, 2.05) is 36.4 Å². The smallest absolute Gasteiger partial charge is 0.744 e. The fourth-order valence-electron chi connectivity index (χ4n) is 11.6. The Morgan fingerprint density at radius 1 is 0.329 bits per heavy atom. The van der Waals surface area contributed by atoms with Crippen molar-refractivity contribution < 1.29 is 352 Å². The van der Waals surface area contributed by atoms with E-state index in [1.54, 1.807) is 108 Å². The van der Waals surface area contributed by atoms with Crippen molar-refractivity contribution in [2.75, 3.05) is 116 Å². The average molecular weight is 2070 g/mol. The van der Waals surface area contributed by atoms with E-state index in [-0.39, 0.29) is 393 Å². The van der Waals surface area contributed by atoms with Crippen molar-refractivity contribution >= 4 is 209 Å². The van der Waals surface area contributed by atoms with Gasteiger partial charge >= 0.3 is 236 Å². The van der Waals surface area contributed by atoms with Gasteiger partial charge in [-0.3, -0.25) is 10.1 Å². The summed E-state index contributed by atoms with van der Waals surface area (Å²) >= 11 is 0.988. The van der Waals surface area contributed by atoms with E-state index in [4.69, 9.17) is 0 Å². The molecule has 2 unspecified atom stereocenters. The molecule has 4 aromatic heterocycles. The van der Waals surface area contributed by atoms with Crippen LogP contribution in [0.1, 0.15) is 35.1 Å². The van der Waals surface area contributed by atoms with E-state index < -0.39 is 84.8 Å². The number of aliphatic carboxylic acids is 4. The van der Waals surface area contributed by atoms with Crippen LogP contribution in [0.15, 0.2) is 214 Å². The van der Waals surface area contributed by atoms with Gasteiger partial charge in [0.1, 0.15) is 20.2 Å². The number of nitrogens with zero attached hydrogens (tertiary/aromatic N) is 14. The van der Waals surface area contributed by atoms with Crippen LogP contribution in [-0.4, -0.2) is 195 Å². The van der Waals surface area contributed by atoms with E-state index in [9.17, 15) is 96.5 Å². The fraction of sp³-hybridized carbons (Fsp3) is 0.150. The summed E-state index contributed by atoms with van der Waals surface area (Å²) in [6, 6.07) is 48.2. The van der Waals surface area contributed by atoms with Crippen LogP contribution in [0.4, 0.5) is 117 Å². The Bertz CT molecular complexity index is 6310. The summed E-state index contributed by atoms with van der Waals surface area (Å²) in [5.74, 6) is -8.04. The van der Waals surface area contributed by atoms with E-state index in [0.29, 0.717) is 63.0 Å². The van der Waals surface area contributed by atoms with Crippen molar-refractivity contribution in [1.82, 2.24) is 59.8 Å². The molecule has 14 N–H and O–H groups in total. The zero-order valence-electron chi connectivity index (χ0n) is 75.9. The third kappa shape index (κ3) is 41.4. The zero-order valence-corrected chi connectivity index (χ0v) is 95.1. The molecule has 8 aromatic carbocycles. The molecule has 0 saturated heterocycles. The molecule has 0 aliphatic carbocycles. The third-order valence-electron chi connectivity index (χ3n) is 17.4. The van der Waals surface area contributed by atoms with Gasteiger partial charge in [0.15, 0.2) is 0 Å². The van der Waals surface area contributed by atoms with Crippen LogP contribution in [0.5, 0.6) is 0 Å². The van der Waals surface area contributed by atoms with Crippen LogP contribution in [0.25, 0.3) is 24.3 Å². The monoisotopic (exact) mass is 2060 g/mol. The second-order valence-corrected chi connectivity index (χ2v) is 30.9. The number of carbonyl (C=O) groups is 4. The average Bonchev–Trinajstić information content (AvgIpc) is 0.803. The van der Waals surface area contributed by atoms with Crippen LogP contribution in [0, 0.1) is 0 Å².